The van der Waals surface area contributed by atoms with Crippen molar-refractivity contribution in [1.29, 1.82) is 0 Å². The van der Waals surface area contributed by atoms with Crippen LogP contribution in [0, 0.1) is 0 Å². The van der Waals surface area contributed by atoms with E-state index in [1.165, 1.54) is 0 Å². The highest BCUT2D eigenvalue weighted by Crippen LogP contribution is 2.27. The Hall–Kier alpha value is -1.49. The van der Waals surface area contributed by atoms with Crippen LogP contribution in [0.3, 0.4) is 0 Å². The molecule has 1 fully saturated rings. The second-order valence-corrected chi connectivity index (χ2v) is 5.47. The van der Waals surface area contributed by atoms with E-state index in [4.69, 9.17) is 15.2 Å². The molecule has 1 aliphatic heterocycles. The van der Waals surface area contributed by atoms with Gasteiger partial charge in [0.2, 0.25) is 5.88 Å². The first kappa shape index (κ1) is 13.9. The fraction of sp³-hybridized carbons (Fsp3) is 0.643. The van der Waals surface area contributed by atoms with Crippen molar-refractivity contribution in [1.82, 2.24) is 4.98 Å². The fourth-order valence-electron chi connectivity index (χ4n) is 2.35. The van der Waals surface area contributed by atoms with Crippen molar-refractivity contribution >= 4 is 11.5 Å². The zero-order valence-corrected chi connectivity index (χ0v) is 11.9. The second kappa shape index (κ2) is 5.65. The summed E-state index contributed by atoms with van der Waals surface area (Å²) in [6.07, 6.45) is 1.95. The van der Waals surface area contributed by atoms with Crippen LogP contribution >= 0.6 is 0 Å². The van der Waals surface area contributed by atoms with Gasteiger partial charge in [-0.15, -0.1) is 0 Å². The Morgan fingerprint density at radius 2 is 2.32 bits per heavy atom. The first-order chi connectivity index (χ1) is 9.00. The maximum Gasteiger partial charge on any atom is 0.239 e. The van der Waals surface area contributed by atoms with Crippen molar-refractivity contribution in [3.8, 4) is 5.88 Å². The number of hydrogen-bond acceptors (Lipinski definition) is 5. The molecule has 1 unspecified atom stereocenters. The van der Waals surface area contributed by atoms with Crippen LogP contribution < -0.4 is 15.8 Å². The molecule has 0 saturated carbocycles. The molecule has 1 aromatic heterocycles. The number of ether oxygens (including phenoxy) is 2. The number of anilines is 2. The van der Waals surface area contributed by atoms with E-state index in [0.29, 0.717) is 24.2 Å². The van der Waals surface area contributed by atoms with E-state index in [0.717, 1.165) is 25.3 Å². The van der Waals surface area contributed by atoms with E-state index in [1.54, 1.807) is 0 Å². The smallest absolute Gasteiger partial charge is 0.239 e. The molecule has 0 aliphatic carbocycles. The first-order valence-corrected chi connectivity index (χ1v) is 6.80. The van der Waals surface area contributed by atoms with Crippen molar-refractivity contribution in [3.05, 3.63) is 12.1 Å². The number of aromatic nitrogens is 1. The Morgan fingerprint density at radius 1 is 1.53 bits per heavy atom. The lowest BCUT2D eigenvalue weighted by Crippen LogP contribution is -2.40. The van der Waals surface area contributed by atoms with Crippen molar-refractivity contribution in [3.63, 3.8) is 0 Å². The van der Waals surface area contributed by atoms with Gasteiger partial charge in [-0.2, -0.15) is 4.98 Å². The molecule has 1 aliphatic rings. The zero-order chi connectivity index (χ0) is 13.9. The summed E-state index contributed by atoms with van der Waals surface area (Å²) in [5.74, 6) is 1.30. The minimum atomic E-state index is -0.0769. The largest absolute Gasteiger partial charge is 0.476 e. The molecule has 0 amide bonds. The summed E-state index contributed by atoms with van der Waals surface area (Å²) in [7, 11) is 0. The summed E-state index contributed by atoms with van der Waals surface area (Å²) >= 11 is 0. The monoisotopic (exact) mass is 265 g/mol. The molecule has 0 radical (unpaired) electrons. The standard InChI is InChI=1S/C14H23N3O2/c1-4-18-13-11(15)5-6-12(17-13)16-10-7-8-19-14(2,3)9-10/h5-6,10H,4,7-9,15H2,1-3H3,(H,16,17). The molecular formula is C14H23N3O2. The minimum Gasteiger partial charge on any atom is -0.476 e. The highest BCUT2D eigenvalue weighted by atomic mass is 16.5. The topological polar surface area (TPSA) is 69.4 Å². The maximum atomic E-state index is 5.82. The van der Waals surface area contributed by atoms with Crippen LogP contribution in [0.5, 0.6) is 5.88 Å². The molecular weight excluding hydrogens is 242 g/mol. The maximum absolute atomic E-state index is 5.82. The summed E-state index contributed by atoms with van der Waals surface area (Å²) in [5.41, 5.74) is 6.31. The predicted molar refractivity (Wildman–Crippen MR) is 76.5 cm³/mol. The molecule has 3 N–H and O–H groups in total. The van der Waals surface area contributed by atoms with Crippen molar-refractivity contribution < 1.29 is 9.47 Å². The van der Waals surface area contributed by atoms with Crippen LogP contribution in [0.1, 0.15) is 33.6 Å². The summed E-state index contributed by atoms with van der Waals surface area (Å²) in [6.45, 7) is 7.48. The van der Waals surface area contributed by atoms with E-state index in [9.17, 15) is 0 Å². The van der Waals surface area contributed by atoms with Gasteiger partial charge >= 0.3 is 0 Å². The van der Waals surface area contributed by atoms with Crippen LogP contribution in [0.4, 0.5) is 11.5 Å². The molecule has 0 spiro atoms. The van der Waals surface area contributed by atoms with Crippen molar-refractivity contribution in [2.24, 2.45) is 0 Å². The average Bonchev–Trinajstić information content (AvgIpc) is 2.32. The predicted octanol–water partition coefficient (Wildman–Crippen LogP) is 2.43. The van der Waals surface area contributed by atoms with E-state index >= 15 is 0 Å². The molecule has 0 aromatic carbocycles. The second-order valence-electron chi connectivity index (χ2n) is 5.47. The molecule has 1 aromatic rings. The highest BCUT2D eigenvalue weighted by Gasteiger charge is 2.28. The lowest BCUT2D eigenvalue weighted by molar-refractivity contribution is -0.0553. The minimum absolute atomic E-state index is 0.0769. The Balaban J connectivity index is 2.04. The van der Waals surface area contributed by atoms with Crippen LogP contribution in [0.25, 0.3) is 0 Å². The number of nitrogen functional groups attached to an aromatic ring is 1. The van der Waals surface area contributed by atoms with Crippen LogP contribution in [-0.2, 0) is 4.74 Å². The van der Waals surface area contributed by atoms with Crippen molar-refractivity contribution in [2.75, 3.05) is 24.3 Å². The number of hydrogen-bond donors (Lipinski definition) is 2. The molecule has 2 rings (SSSR count). The third kappa shape index (κ3) is 3.73. The molecule has 106 valence electrons. The highest BCUT2D eigenvalue weighted by molar-refractivity contribution is 5.53. The van der Waals surface area contributed by atoms with Gasteiger partial charge in [-0.05, 0) is 45.7 Å². The molecule has 1 saturated heterocycles. The van der Waals surface area contributed by atoms with Gasteiger partial charge in [-0.25, -0.2) is 0 Å². The van der Waals surface area contributed by atoms with Gasteiger partial charge in [0, 0.05) is 12.6 Å². The van der Waals surface area contributed by atoms with Crippen molar-refractivity contribution in [2.45, 2.75) is 45.3 Å². The summed E-state index contributed by atoms with van der Waals surface area (Å²) < 4.78 is 11.1. The van der Waals surface area contributed by atoms with Gasteiger partial charge in [0.25, 0.3) is 0 Å². The van der Waals surface area contributed by atoms with Crippen LogP contribution in [0.15, 0.2) is 12.1 Å². The molecule has 5 nitrogen and oxygen atoms in total. The van der Waals surface area contributed by atoms with E-state index in [-0.39, 0.29) is 5.60 Å². The van der Waals surface area contributed by atoms with Gasteiger partial charge < -0.3 is 20.5 Å². The lowest BCUT2D eigenvalue weighted by atomic mass is 9.94. The fourth-order valence-corrected chi connectivity index (χ4v) is 2.35. The lowest BCUT2D eigenvalue weighted by Gasteiger charge is -2.36. The van der Waals surface area contributed by atoms with Gasteiger partial charge in [0.1, 0.15) is 5.82 Å². The Labute approximate surface area is 114 Å². The summed E-state index contributed by atoms with van der Waals surface area (Å²) in [4.78, 5) is 4.40. The van der Waals surface area contributed by atoms with E-state index in [1.807, 2.05) is 19.1 Å². The summed E-state index contributed by atoms with van der Waals surface area (Å²) in [5, 5.41) is 3.44. The quantitative estimate of drug-likeness (QED) is 0.875. The van der Waals surface area contributed by atoms with Gasteiger partial charge in [0.05, 0.1) is 17.9 Å². The first-order valence-electron chi connectivity index (χ1n) is 6.80. The molecule has 5 heteroatoms. The third-order valence-corrected chi connectivity index (χ3v) is 3.22. The Bertz CT molecular complexity index is 435. The third-order valence-electron chi connectivity index (χ3n) is 3.22. The average molecular weight is 265 g/mol. The number of nitrogens with two attached hydrogens (primary N) is 1. The van der Waals surface area contributed by atoms with Gasteiger partial charge in [-0.1, -0.05) is 0 Å². The molecule has 1 atom stereocenters. The molecule has 2 heterocycles. The van der Waals surface area contributed by atoms with E-state index in [2.05, 4.69) is 24.1 Å². The van der Waals surface area contributed by atoms with Crippen LogP contribution in [-0.4, -0.2) is 29.8 Å². The molecule has 19 heavy (non-hydrogen) atoms. The Kier molecular flexibility index (Phi) is 4.14. The van der Waals surface area contributed by atoms with Gasteiger partial charge in [0.15, 0.2) is 0 Å². The SMILES string of the molecule is CCOc1nc(NC2CCOC(C)(C)C2)ccc1N. The Morgan fingerprint density at radius 3 is 3.00 bits per heavy atom. The molecule has 0 bridgehead atoms. The van der Waals surface area contributed by atoms with Gasteiger partial charge in [-0.3, -0.25) is 0 Å². The zero-order valence-electron chi connectivity index (χ0n) is 11.9. The number of rotatable bonds is 4. The van der Waals surface area contributed by atoms with E-state index < -0.39 is 0 Å². The summed E-state index contributed by atoms with van der Waals surface area (Å²) in [6, 6.07) is 4.08. The normalized spacial score (nSPS) is 21.9. The van der Waals surface area contributed by atoms with Crippen LogP contribution in [0.2, 0.25) is 0 Å². The number of nitrogens with zero attached hydrogens (tertiary/aromatic N) is 1. The number of nitrogens with one attached hydrogen (secondary N) is 1. The number of pyridine rings is 1.